The van der Waals surface area contributed by atoms with E-state index >= 15 is 0 Å². The number of thiazole rings is 1. The lowest BCUT2D eigenvalue weighted by Gasteiger charge is -1.96. The van der Waals surface area contributed by atoms with Gasteiger partial charge < -0.3 is 5.11 Å². The van der Waals surface area contributed by atoms with Crippen LogP contribution in [-0.4, -0.2) is 15.1 Å². The van der Waals surface area contributed by atoms with Crippen molar-refractivity contribution in [2.45, 2.75) is 26.9 Å². The topological polar surface area (TPSA) is 46.0 Å². The molecule has 0 bridgehead atoms. The molecule has 0 radical (unpaired) electrons. The van der Waals surface area contributed by atoms with Crippen LogP contribution in [0.4, 0.5) is 0 Å². The Morgan fingerprint density at radius 3 is 2.81 bits per heavy atom. The molecular weight excluding hydrogens is 220 g/mol. The molecule has 3 nitrogen and oxygen atoms in total. The number of hydrogen-bond acceptors (Lipinski definition) is 4. The fourth-order valence-corrected chi connectivity index (χ4v) is 2.59. The van der Waals surface area contributed by atoms with E-state index in [0.717, 1.165) is 33.3 Å². The molecule has 2 heterocycles. The van der Waals surface area contributed by atoms with Crippen molar-refractivity contribution < 1.29 is 5.11 Å². The van der Waals surface area contributed by atoms with Crippen LogP contribution in [0, 0.1) is 6.92 Å². The summed E-state index contributed by atoms with van der Waals surface area (Å²) in [5.41, 5.74) is 2.86. The molecule has 2 aromatic rings. The molecule has 0 aliphatic carbocycles. The minimum absolute atomic E-state index is 0.0176. The molecule has 0 aromatic carbocycles. The number of aliphatic hydroxyl groups excluding tert-OH is 1. The van der Waals surface area contributed by atoms with E-state index in [0.29, 0.717) is 0 Å². The normalized spacial score (nSPS) is 10.7. The Balaban J connectivity index is 2.44. The summed E-state index contributed by atoms with van der Waals surface area (Å²) in [5.74, 6) is 0. The molecule has 0 saturated heterocycles. The summed E-state index contributed by atoms with van der Waals surface area (Å²) < 4.78 is 0. The molecule has 0 aliphatic rings. The summed E-state index contributed by atoms with van der Waals surface area (Å²) in [6.07, 6.45) is 2.70. The van der Waals surface area contributed by atoms with Gasteiger partial charge in [-0.2, -0.15) is 0 Å². The van der Waals surface area contributed by atoms with Gasteiger partial charge in [0.15, 0.2) is 0 Å². The lowest BCUT2D eigenvalue weighted by molar-refractivity contribution is 0.276. The van der Waals surface area contributed by atoms with Crippen LogP contribution >= 0.6 is 11.3 Å². The highest BCUT2D eigenvalue weighted by Gasteiger charge is 2.10. The van der Waals surface area contributed by atoms with Crippen LogP contribution in [0.15, 0.2) is 18.3 Å². The lowest BCUT2D eigenvalue weighted by Crippen LogP contribution is -1.88. The molecule has 0 amide bonds. The van der Waals surface area contributed by atoms with Gasteiger partial charge in [-0.3, -0.25) is 4.98 Å². The van der Waals surface area contributed by atoms with Crippen molar-refractivity contribution in [2.75, 3.05) is 0 Å². The third-order valence-electron chi connectivity index (χ3n) is 2.39. The summed E-state index contributed by atoms with van der Waals surface area (Å²) in [7, 11) is 0. The van der Waals surface area contributed by atoms with Gasteiger partial charge in [-0.1, -0.05) is 6.92 Å². The van der Waals surface area contributed by atoms with Crippen LogP contribution < -0.4 is 0 Å². The van der Waals surface area contributed by atoms with Gasteiger partial charge in [0.05, 0.1) is 12.3 Å². The van der Waals surface area contributed by atoms with Crippen molar-refractivity contribution >= 4 is 11.3 Å². The van der Waals surface area contributed by atoms with Crippen molar-refractivity contribution in [3.05, 3.63) is 34.6 Å². The molecule has 0 atom stereocenters. The van der Waals surface area contributed by atoms with E-state index in [1.807, 2.05) is 19.1 Å². The van der Waals surface area contributed by atoms with E-state index in [9.17, 15) is 5.11 Å². The van der Waals surface area contributed by atoms with Crippen LogP contribution in [-0.2, 0) is 13.0 Å². The molecule has 16 heavy (non-hydrogen) atoms. The SMILES string of the molecule is CCc1sc(-c2ccnc(C)c2)nc1CO. The smallest absolute Gasteiger partial charge is 0.124 e. The maximum atomic E-state index is 9.20. The number of rotatable bonds is 3. The van der Waals surface area contributed by atoms with Crippen LogP contribution in [0.25, 0.3) is 10.6 Å². The standard InChI is InChI=1S/C12H14N2OS/c1-3-11-10(7-15)14-12(16-11)9-4-5-13-8(2)6-9/h4-6,15H,3,7H2,1-2H3. The summed E-state index contributed by atoms with van der Waals surface area (Å²) in [4.78, 5) is 9.77. The van der Waals surface area contributed by atoms with E-state index in [2.05, 4.69) is 16.9 Å². The van der Waals surface area contributed by atoms with Gasteiger partial charge in [0.2, 0.25) is 0 Å². The summed E-state index contributed by atoms with van der Waals surface area (Å²) >= 11 is 1.65. The number of hydrogen-bond donors (Lipinski definition) is 1. The monoisotopic (exact) mass is 234 g/mol. The second-order valence-corrected chi connectivity index (χ2v) is 4.67. The Hall–Kier alpha value is -1.26. The fraction of sp³-hybridized carbons (Fsp3) is 0.333. The van der Waals surface area contributed by atoms with Gasteiger partial charge in [0, 0.05) is 22.3 Å². The Morgan fingerprint density at radius 1 is 1.44 bits per heavy atom. The molecule has 0 fully saturated rings. The average molecular weight is 234 g/mol. The van der Waals surface area contributed by atoms with Crippen molar-refractivity contribution in [3.8, 4) is 10.6 Å². The summed E-state index contributed by atoms with van der Waals surface area (Å²) in [5, 5.41) is 10.2. The van der Waals surface area contributed by atoms with E-state index in [1.54, 1.807) is 17.5 Å². The first-order chi connectivity index (χ1) is 7.74. The van der Waals surface area contributed by atoms with Crippen LogP contribution in [0.5, 0.6) is 0 Å². The number of aliphatic hydroxyl groups is 1. The van der Waals surface area contributed by atoms with Crippen molar-refractivity contribution in [3.63, 3.8) is 0 Å². The van der Waals surface area contributed by atoms with Crippen LogP contribution in [0.1, 0.15) is 23.2 Å². The predicted octanol–water partition coefficient (Wildman–Crippen LogP) is 2.57. The highest BCUT2D eigenvalue weighted by molar-refractivity contribution is 7.15. The van der Waals surface area contributed by atoms with Crippen LogP contribution in [0.2, 0.25) is 0 Å². The molecule has 0 saturated carbocycles. The van der Waals surface area contributed by atoms with E-state index in [1.165, 1.54) is 0 Å². The molecule has 2 aromatic heterocycles. The minimum Gasteiger partial charge on any atom is -0.390 e. The quantitative estimate of drug-likeness (QED) is 0.887. The lowest BCUT2D eigenvalue weighted by atomic mass is 10.2. The molecule has 84 valence electrons. The minimum atomic E-state index is 0.0176. The Bertz CT molecular complexity index is 472. The Labute approximate surface area is 98.8 Å². The van der Waals surface area contributed by atoms with Crippen LogP contribution in [0.3, 0.4) is 0 Å². The number of aryl methyl sites for hydroxylation is 2. The number of pyridine rings is 1. The van der Waals surface area contributed by atoms with E-state index in [4.69, 9.17) is 0 Å². The van der Waals surface area contributed by atoms with Crippen molar-refractivity contribution in [1.82, 2.24) is 9.97 Å². The maximum absolute atomic E-state index is 9.20. The highest BCUT2D eigenvalue weighted by atomic mass is 32.1. The van der Waals surface area contributed by atoms with Crippen molar-refractivity contribution in [2.24, 2.45) is 0 Å². The maximum Gasteiger partial charge on any atom is 0.124 e. The van der Waals surface area contributed by atoms with Gasteiger partial charge in [-0.15, -0.1) is 11.3 Å². The largest absolute Gasteiger partial charge is 0.390 e. The third-order valence-corrected chi connectivity index (χ3v) is 3.68. The fourth-order valence-electron chi connectivity index (χ4n) is 1.59. The number of aromatic nitrogens is 2. The predicted molar refractivity (Wildman–Crippen MR) is 65.4 cm³/mol. The summed E-state index contributed by atoms with van der Waals surface area (Å²) in [6, 6.07) is 3.96. The molecular formula is C12H14N2OS. The molecule has 0 spiro atoms. The zero-order valence-electron chi connectivity index (χ0n) is 9.40. The van der Waals surface area contributed by atoms with E-state index in [-0.39, 0.29) is 6.61 Å². The van der Waals surface area contributed by atoms with Gasteiger partial charge in [0.25, 0.3) is 0 Å². The van der Waals surface area contributed by atoms with E-state index < -0.39 is 0 Å². The first-order valence-electron chi connectivity index (χ1n) is 5.27. The second-order valence-electron chi connectivity index (χ2n) is 3.59. The highest BCUT2D eigenvalue weighted by Crippen LogP contribution is 2.28. The third kappa shape index (κ3) is 2.13. The molecule has 1 N–H and O–H groups in total. The first kappa shape index (κ1) is 11.2. The molecule has 0 aliphatic heterocycles. The summed E-state index contributed by atoms with van der Waals surface area (Å²) in [6.45, 7) is 4.06. The van der Waals surface area contributed by atoms with Gasteiger partial charge >= 0.3 is 0 Å². The molecule has 2 rings (SSSR count). The van der Waals surface area contributed by atoms with Crippen molar-refractivity contribution in [1.29, 1.82) is 0 Å². The first-order valence-corrected chi connectivity index (χ1v) is 6.08. The zero-order chi connectivity index (χ0) is 11.5. The average Bonchev–Trinajstić information content (AvgIpc) is 2.72. The molecule has 4 heteroatoms. The molecule has 0 unspecified atom stereocenters. The number of nitrogens with zero attached hydrogens (tertiary/aromatic N) is 2. The second kappa shape index (κ2) is 4.72. The van der Waals surface area contributed by atoms with Gasteiger partial charge in [-0.25, -0.2) is 4.98 Å². The Morgan fingerprint density at radius 2 is 2.25 bits per heavy atom. The van der Waals surface area contributed by atoms with Gasteiger partial charge in [0.1, 0.15) is 5.01 Å². The Kier molecular flexibility index (Phi) is 3.31. The van der Waals surface area contributed by atoms with Gasteiger partial charge in [-0.05, 0) is 25.5 Å². The zero-order valence-corrected chi connectivity index (χ0v) is 10.2.